The maximum Gasteiger partial charge on any atom is 0.168 e. The van der Waals surface area contributed by atoms with Gasteiger partial charge in [0.05, 0.1) is 0 Å². The van der Waals surface area contributed by atoms with Crippen LogP contribution in [0.15, 0.2) is 37.0 Å². The van der Waals surface area contributed by atoms with E-state index in [0.29, 0.717) is 5.69 Å². The van der Waals surface area contributed by atoms with Crippen molar-refractivity contribution < 1.29 is 4.79 Å². The number of rotatable bonds is 3. The summed E-state index contributed by atoms with van der Waals surface area (Å²) in [5, 5.41) is 0. The second-order valence-electron chi connectivity index (χ2n) is 8.55. The average Bonchev–Trinajstić information content (AvgIpc) is 2.66. The zero-order valence-electron chi connectivity index (χ0n) is 17.9. The summed E-state index contributed by atoms with van der Waals surface area (Å²) >= 11 is 0. The summed E-state index contributed by atoms with van der Waals surface area (Å²) in [4.78, 5) is 15.0. The lowest BCUT2D eigenvalue weighted by Crippen LogP contribution is -2.34. The highest BCUT2D eigenvalue weighted by Crippen LogP contribution is 2.47. The molecule has 27 heavy (non-hydrogen) atoms. The average molecular weight is 364 g/mol. The van der Waals surface area contributed by atoms with E-state index in [1.807, 2.05) is 19.9 Å². The van der Waals surface area contributed by atoms with Gasteiger partial charge < -0.3 is 0 Å². The first kappa shape index (κ1) is 21.1. The number of hydrogen-bond donors (Lipinski definition) is 0. The summed E-state index contributed by atoms with van der Waals surface area (Å²) in [6, 6.07) is 8.35. The van der Waals surface area contributed by atoms with Crippen molar-refractivity contribution in [2.45, 2.75) is 72.1 Å². The van der Waals surface area contributed by atoms with Gasteiger partial charge in [-0.2, -0.15) is 0 Å². The highest BCUT2D eigenvalue weighted by atomic mass is 16.1. The predicted octanol–water partition coefficient (Wildman–Crippen LogP) is 6.64. The minimum absolute atomic E-state index is 0.174. The van der Waals surface area contributed by atoms with Crippen molar-refractivity contribution in [3.63, 3.8) is 0 Å². The maximum atomic E-state index is 10.8. The minimum atomic E-state index is 0.174. The Balaban J connectivity index is 0.00000126. The van der Waals surface area contributed by atoms with Crippen LogP contribution >= 0.6 is 0 Å². The van der Waals surface area contributed by atoms with Gasteiger partial charge in [0.25, 0.3) is 0 Å². The minimum Gasteiger partial charge on any atom is -0.296 e. The number of aldehydes is 1. The molecule has 2 heteroatoms. The van der Waals surface area contributed by atoms with E-state index >= 15 is 0 Å². The molecule has 2 nitrogen and oxygen atoms in total. The number of aryl methyl sites for hydroxylation is 1. The van der Waals surface area contributed by atoms with Crippen molar-refractivity contribution in [3.8, 4) is 0 Å². The lowest BCUT2D eigenvalue weighted by molar-refractivity contribution is 0.111. The molecule has 0 saturated carbocycles. The molecule has 0 unspecified atom stereocenters. The van der Waals surface area contributed by atoms with Crippen molar-refractivity contribution in [2.24, 2.45) is 0 Å². The topological polar surface area (TPSA) is 30.0 Å². The van der Waals surface area contributed by atoms with Crippen LogP contribution in [-0.4, -0.2) is 11.3 Å². The van der Waals surface area contributed by atoms with Crippen LogP contribution in [0.1, 0.15) is 92.7 Å². The van der Waals surface area contributed by atoms with Crippen LogP contribution in [-0.2, 0) is 10.8 Å². The van der Waals surface area contributed by atoms with Crippen LogP contribution in [0, 0.1) is 6.92 Å². The van der Waals surface area contributed by atoms with Gasteiger partial charge in [-0.05, 0) is 64.5 Å². The fraction of sp³-hybridized carbons (Fsp3) is 0.440. The van der Waals surface area contributed by atoms with Crippen LogP contribution in [0.2, 0.25) is 0 Å². The van der Waals surface area contributed by atoms with E-state index in [-0.39, 0.29) is 10.8 Å². The SMILES string of the molecule is C=C(c1ccc(C=O)nc1)c1cc2c(cc1C)C(C)(C)CCC2(C)C.CC. The second-order valence-corrected chi connectivity index (χ2v) is 8.55. The van der Waals surface area contributed by atoms with Gasteiger partial charge >= 0.3 is 0 Å². The molecule has 1 aliphatic rings. The fourth-order valence-electron chi connectivity index (χ4n) is 3.86. The third-order valence-electron chi connectivity index (χ3n) is 5.78. The highest BCUT2D eigenvalue weighted by Gasteiger charge is 2.37. The van der Waals surface area contributed by atoms with Gasteiger partial charge in [-0.1, -0.05) is 66.3 Å². The third-order valence-corrected chi connectivity index (χ3v) is 5.78. The molecule has 0 N–H and O–H groups in total. The molecule has 0 atom stereocenters. The molecule has 1 aliphatic carbocycles. The van der Waals surface area contributed by atoms with Crippen LogP contribution in [0.3, 0.4) is 0 Å². The normalized spacial score (nSPS) is 16.6. The monoisotopic (exact) mass is 363 g/mol. The Hall–Kier alpha value is -2.22. The zero-order valence-corrected chi connectivity index (χ0v) is 17.9. The Morgan fingerprint density at radius 2 is 1.59 bits per heavy atom. The standard InChI is InChI=1S/C23H27NO.C2H6/c1-15-11-20-21(23(5,6)10-9-22(20,3)4)12-19(15)16(2)17-7-8-18(14-25)24-13-17;1-2/h7-8,11-14H,2,9-10H2,1,3-6H3;1-2H3. The van der Waals surface area contributed by atoms with Gasteiger partial charge in [-0.3, -0.25) is 9.78 Å². The van der Waals surface area contributed by atoms with E-state index in [0.717, 1.165) is 17.4 Å². The second kappa shape index (κ2) is 7.80. The summed E-state index contributed by atoms with van der Waals surface area (Å²) in [5.41, 5.74) is 8.07. The molecule has 144 valence electrons. The molecule has 2 aromatic rings. The number of hydrogen-bond acceptors (Lipinski definition) is 2. The fourth-order valence-corrected chi connectivity index (χ4v) is 3.86. The predicted molar refractivity (Wildman–Crippen MR) is 116 cm³/mol. The van der Waals surface area contributed by atoms with Crippen molar-refractivity contribution >= 4 is 11.9 Å². The van der Waals surface area contributed by atoms with Crippen molar-refractivity contribution in [1.82, 2.24) is 4.98 Å². The van der Waals surface area contributed by atoms with Gasteiger partial charge in [0.15, 0.2) is 6.29 Å². The van der Waals surface area contributed by atoms with Crippen LogP contribution in [0.4, 0.5) is 0 Å². The number of pyridine rings is 1. The first-order valence-electron chi connectivity index (χ1n) is 9.92. The maximum absolute atomic E-state index is 10.8. The molecule has 3 rings (SSSR count). The molecule has 0 amide bonds. The van der Waals surface area contributed by atoms with Crippen LogP contribution in [0.25, 0.3) is 5.57 Å². The van der Waals surface area contributed by atoms with E-state index in [4.69, 9.17) is 0 Å². The summed E-state index contributed by atoms with van der Waals surface area (Å²) in [7, 11) is 0. The van der Waals surface area contributed by atoms with Gasteiger partial charge in [0.2, 0.25) is 0 Å². The molecular weight excluding hydrogens is 330 g/mol. The lowest BCUT2D eigenvalue weighted by atomic mass is 9.62. The first-order chi connectivity index (χ1) is 12.7. The Morgan fingerprint density at radius 3 is 2.07 bits per heavy atom. The Bertz CT molecular complexity index is 841. The van der Waals surface area contributed by atoms with Crippen LogP contribution < -0.4 is 0 Å². The summed E-state index contributed by atoms with van der Waals surface area (Å²) in [6.45, 7) is 19.8. The quantitative estimate of drug-likeness (QED) is 0.572. The molecule has 0 bridgehead atoms. The highest BCUT2D eigenvalue weighted by molar-refractivity contribution is 5.81. The van der Waals surface area contributed by atoms with E-state index in [1.165, 1.54) is 35.1 Å². The summed E-state index contributed by atoms with van der Waals surface area (Å²) < 4.78 is 0. The molecule has 0 aliphatic heterocycles. The van der Waals surface area contributed by atoms with Crippen LogP contribution in [0.5, 0.6) is 0 Å². The number of carbonyl (C=O) groups is 1. The number of nitrogens with zero attached hydrogens (tertiary/aromatic N) is 1. The van der Waals surface area contributed by atoms with E-state index in [1.54, 1.807) is 12.3 Å². The molecule has 0 saturated heterocycles. The van der Waals surface area contributed by atoms with Gasteiger partial charge in [-0.25, -0.2) is 0 Å². The Kier molecular flexibility index (Phi) is 6.09. The zero-order chi connectivity index (χ0) is 20.4. The van der Waals surface area contributed by atoms with Crippen molar-refractivity contribution in [1.29, 1.82) is 0 Å². The number of fused-ring (bicyclic) bond motifs is 1. The van der Waals surface area contributed by atoms with Crippen molar-refractivity contribution in [3.05, 3.63) is 70.6 Å². The Labute approximate surface area is 164 Å². The van der Waals surface area contributed by atoms with Gasteiger partial charge in [-0.15, -0.1) is 0 Å². The summed E-state index contributed by atoms with van der Waals surface area (Å²) in [6.07, 6.45) is 4.91. The lowest BCUT2D eigenvalue weighted by Gasteiger charge is -2.42. The van der Waals surface area contributed by atoms with Gasteiger partial charge in [0, 0.05) is 11.8 Å². The Morgan fingerprint density at radius 1 is 1.04 bits per heavy atom. The number of carbonyl (C=O) groups excluding carboxylic acids is 1. The van der Waals surface area contributed by atoms with Crippen molar-refractivity contribution in [2.75, 3.05) is 0 Å². The molecule has 0 spiro atoms. The van der Waals surface area contributed by atoms with Gasteiger partial charge in [0.1, 0.15) is 5.69 Å². The third kappa shape index (κ3) is 4.05. The first-order valence-corrected chi connectivity index (χ1v) is 9.92. The molecule has 1 aromatic heterocycles. The smallest absolute Gasteiger partial charge is 0.168 e. The largest absolute Gasteiger partial charge is 0.296 e. The number of benzene rings is 1. The molecular formula is C25H33NO. The van der Waals surface area contributed by atoms with E-state index < -0.39 is 0 Å². The van der Waals surface area contributed by atoms with E-state index in [9.17, 15) is 4.79 Å². The summed E-state index contributed by atoms with van der Waals surface area (Å²) in [5.74, 6) is 0. The molecule has 1 heterocycles. The molecule has 0 fully saturated rings. The number of aromatic nitrogens is 1. The molecule has 0 radical (unpaired) electrons. The van der Waals surface area contributed by atoms with E-state index in [2.05, 4.69) is 58.3 Å². The molecule has 1 aromatic carbocycles.